The molecule has 206 valence electrons. The number of hydrogen-bond acceptors (Lipinski definition) is 4. The predicted molar refractivity (Wildman–Crippen MR) is 153 cm³/mol. The van der Waals surface area contributed by atoms with Crippen LogP contribution in [-0.4, -0.2) is 51.6 Å². The van der Waals surface area contributed by atoms with E-state index < -0.39 is 17.3 Å². The molecule has 1 aliphatic heterocycles. The van der Waals surface area contributed by atoms with Crippen LogP contribution in [0.2, 0.25) is 0 Å². The Bertz CT molecular complexity index is 851. The van der Waals surface area contributed by atoms with Crippen LogP contribution >= 0.6 is 0 Å². The van der Waals surface area contributed by atoms with Crippen LogP contribution in [0.15, 0.2) is 60.7 Å². The van der Waals surface area contributed by atoms with Crippen molar-refractivity contribution in [2.24, 2.45) is 17.8 Å². The van der Waals surface area contributed by atoms with Gasteiger partial charge in [0, 0.05) is 6.54 Å². The number of likely N-dealkylation sites (tertiary alicyclic amines) is 1. The van der Waals surface area contributed by atoms with E-state index in [1.807, 2.05) is 60.7 Å². The quantitative estimate of drug-likeness (QED) is 0.277. The maximum atomic E-state index is 12.1. The molecule has 0 aliphatic carbocycles. The lowest BCUT2D eigenvalue weighted by Crippen LogP contribution is -2.50. The number of benzene rings is 2. The Hall–Kier alpha value is -1.72. The Labute approximate surface area is 225 Å². The van der Waals surface area contributed by atoms with Crippen LogP contribution in [0.4, 0.5) is 0 Å². The summed E-state index contributed by atoms with van der Waals surface area (Å²) in [7, 11) is 0. The van der Waals surface area contributed by atoms with Crippen LogP contribution in [0.1, 0.15) is 90.2 Å². The van der Waals surface area contributed by atoms with E-state index in [1.54, 1.807) is 6.92 Å². The molecule has 1 fully saturated rings. The normalized spacial score (nSPS) is 19.0. The first kappa shape index (κ1) is 29.8. The predicted octanol–water partition coefficient (Wildman–Crippen LogP) is 6.38. The van der Waals surface area contributed by atoms with Crippen molar-refractivity contribution >= 4 is 0 Å². The molecular weight excluding hydrogens is 458 g/mol. The molecule has 1 saturated heterocycles. The minimum absolute atomic E-state index is 0.0865. The zero-order chi connectivity index (χ0) is 26.9. The molecule has 2 aromatic carbocycles. The molecule has 0 saturated carbocycles. The first-order valence-corrected chi connectivity index (χ1v) is 14.6. The highest BCUT2D eigenvalue weighted by Crippen LogP contribution is 2.42. The van der Waals surface area contributed by atoms with E-state index in [4.69, 9.17) is 0 Å². The summed E-state index contributed by atoms with van der Waals surface area (Å²) in [5.41, 5.74) is -0.254. The molecule has 3 rings (SSSR count). The fourth-order valence-corrected chi connectivity index (χ4v) is 5.99. The first-order valence-electron chi connectivity index (χ1n) is 14.6. The molecule has 3 unspecified atom stereocenters. The molecule has 0 radical (unpaired) electrons. The summed E-state index contributed by atoms with van der Waals surface area (Å²) in [5, 5.41) is 34.1. The molecule has 37 heavy (non-hydrogen) atoms. The fourth-order valence-electron chi connectivity index (χ4n) is 5.99. The average Bonchev–Trinajstić information content (AvgIpc) is 2.89. The lowest BCUT2D eigenvalue weighted by Gasteiger charge is -2.43. The van der Waals surface area contributed by atoms with Gasteiger partial charge in [-0.1, -0.05) is 114 Å². The van der Waals surface area contributed by atoms with Gasteiger partial charge in [0.1, 0.15) is 5.60 Å². The molecule has 3 atom stereocenters. The van der Waals surface area contributed by atoms with Gasteiger partial charge in [0.25, 0.3) is 0 Å². The molecule has 1 aliphatic rings. The van der Waals surface area contributed by atoms with Crippen molar-refractivity contribution in [3.8, 4) is 0 Å². The highest BCUT2D eigenvalue weighted by atomic mass is 16.3. The van der Waals surface area contributed by atoms with Crippen LogP contribution < -0.4 is 0 Å². The Morgan fingerprint density at radius 1 is 0.811 bits per heavy atom. The van der Waals surface area contributed by atoms with Crippen LogP contribution in [0.5, 0.6) is 0 Å². The van der Waals surface area contributed by atoms with Gasteiger partial charge >= 0.3 is 0 Å². The third-order valence-corrected chi connectivity index (χ3v) is 8.61. The van der Waals surface area contributed by atoms with Gasteiger partial charge in [0.05, 0.1) is 11.7 Å². The molecule has 2 aromatic rings. The third-order valence-electron chi connectivity index (χ3n) is 8.61. The van der Waals surface area contributed by atoms with Gasteiger partial charge in [0.15, 0.2) is 0 Å². The first-order chi connectivity index (χ1) is 17.6. The second-order valence-corrected chi connectivity index (χ2v) is 12.3. The second-order valence-electron chi connectivity index (χ2n) is 12.3. The molecular formula is C33H51NO3. The smallest absolute Gasteiger partial charge is 0.117 e. The van der Waals surface area contributed by atoms with Gasteiger partial charge < -0.3 is 20.2 Å². The maximum Gasteiger partial charge on any atom is 0.117 e. The van der Waals surface area contributed by atoms with E-state index in [0.29, 0.717) is 18.9 Å². The number of piperidine rings is 1. The van der Waals surface area contributed by atoms with Crippen LogP contribution in [0.3, 0.4) is 0 Å². The van der Waals surface area contributed by atoms with Crippen LogP contribution in [0.25, 0.3) is 0 Å². The number of rotatable bonds is 14. The summed E-state index contributed by atoms with van der Waals surface area (Å²) in [5.74, 6) is 1.51. The van der Waals surface area contributed by atoms with Crippen molar-refractivity contribution < 1.29 is 15.3 Å². The topological polar surface area (TPSA) is 63.9 Å². The van der Waals surface area contributed by atoms with Gasteiger partial charge in [-0.05, 0) is 68.2 Å². The molecule has 3 N–H and O–H groups in total. The largest absolute Gasteiger partial charge is 0.389 e. The number of nitrogens with zero attached hydrogens (tertiary/aromatic N) is 1. The molecule has 4 heteroatoms. The summed E-state index contributed by atoms with van der Waals surface area (Å²) in [6.07, 6.45) is 7.37. The maximum absolute atomic E-state index is 12.1. The number of hydrogen-bond donors (Lipinski definition) is 3. The van der Waals surface area contributed by atoms with Crippen molar-refractivity contribution in [3.05, 3.63) is 71.8 Å². The summed E-state index contributed by atoms with van der Waals surface area (Å²) in [6.45, 7) is 10.7. The summed E-state index contributed by atoms with van der Waals surface area (Å²) in [4.78, 5) is 2.25. The fraction of sp³-hybridized carbons (Fsp3) is 0.636. The Morgan fingerprint density at radius 3 is 1.84 bits per heavy atom. The Morgan fingerprint density at radius 2 is 1.32 bits per heavy atom. The molecule has 0 spiro atoms. The van der Waals surface area contributed by atoms with Crippen molar-refractivity contribution in [2.45, 2.75) is 96.4 Å². The minimum atomic E-state index is -1.08. The van der Waals surface area contributed by atoms with E-state index >= 15 is 0 Å². The van der Waals surface area contributed by atoms with Crippen molar-refractivity contribution in [1.29, 1.82) is 0 Å². The third kappa shape index (κ3) is 8.38. The Kier molecular flexibility index (Phi) is 11.2. The van der Waals surface area contributed by atoms with E-state index in [2.05, 4.69) is 25.7 Å². The van der Waals surface area contributed by atoms with Gasteiger partial charge in [-0.25, -0.2) is 0 Å². The lowest BCUT2D eigenvalue weighted by molar-refractivity contribution is -0.0871. The van der Waals surface area contributed by atoms with Crippen molar-refractivity contribution in [1.82, 2.24) is 4.90 Å². The standard InChI is InChI=1S/C33H51NO3/c1-26(2)13-11-14-27(3)15-12-22-32(4,36)31(35)25-34-23-20-30(21-24-34)33(37,28-16-7-5-8-17-28)29-18-9-6-10-19-29/h5-10,16-19,26-27,30-31,35-37H,11-15,20-25H2,1-4H3. The van der Waals surface area contributed by atoms with E-state index in [0.717, 1.165) is 55.8 Å². The highest BCUT2D eigenvalue weighted by molar-refractivity contribution is 5.37. The lowest BCUT2D eigenvalue weighted by atomic mass is 9.72. The molecule has 0 aromatic heterocycles. The number of aliphatic hydroxyl groups is 3. The monoisotopic (exact) mass is 509 g/mol. The SMILES string of the molecule is CC(C)CCCC(C)CCCC(C)(O)C(O)CN1CCC(C(O)(c2ccccc2)c2ccccc2)CC1. The van der Waals surface area contributed by atoms with E-state index in [9.17, 15) is 15.3 Å². The number of aliphatic hydroxyl groups excluding tert-OH is 1. The van der Waals surface area contributed by atoms with Gasteiger partial charge in [-0.15, -0.1) is 0 Å². The molecule has 1 heterocycles. The van der Waals surface area contributed by atoms with Crippen LogP contribution in [0, 0.1) is 17.8 Å². The zero-order valence-corrected chi connectivity index (χ0v) is 23.6. The number of β-amino-alcohol motifs (C(OH)–C–C–N with tert-alkyl or cyclic N) is 1. The van der Waals surface area contributed by atoms with Crippen LogP contribution in [-0.2, 0) is 5.60 Å². The average molecular weight is 510 g/mol. The Balaban J connectivity index is 1.51. The molecule has 4 nitrogen and oxygen atoms in total. The highest BCUT2D eigenvalue weighted by Gasteiger charge is 2.42. The van der Waals surface area contributed by atoms with Gasteiger partial charge in [-0.2, -0.15) is 0 Å². The zero-order valence-electron chi connectivity index (χ0n) is 23.6. The molecule has 0 amide bonds. The van der Waals surface area contributed by atoms with Gasteiger partial charge in [0.2, 0.25) is 0 Å². The second kappa shape index (κ2) is 13.9. The molecule has 0 bridgehead atoms. The van der Waals surface area contributed by atoms with E-state index in [1.165, 1.54) is 19.3 Å². The van der Waals surface area contributed by atoms with E-state index in [-0.39, 0.29) is 5.92 Å². The summed E-state index contributed by atoms with van der Waals surface area (Å²) in [6, 6.07) is 20.0. The summed E-state index contributed by atoms with van der Waals surface area (Å²) < 4.78 is 0. The van der Waals surface area contributed by atoms with Gasteiger partial charge in [-0.3, -0.25) is 0 Å². The van der Waals surface area contributed by atoms with Crippen molar-refractivity contribution in [2.75, 3.05) is 19.6 Å². The van der Waals surface area contributed by atoms with Crippen molar-refractivity contribution in [3.63, 3.8) is 0 Å². The summed E-state index contributed by atoms with van der Waals surface area (Å²) >= 11 is 0. The minimum Gasteiger partial charge on any atom is -0.389 e.